The van der Waals surface area contributed by atoms with Crippen molar-refractivity contribution in [3.8, 4) is 0 Å². The highest BCUT2D eigenvalue weighted by atomic mass is 35.5. The molecule has 1 N–H and O–H groups in total. The molecule has 0 radical (unpaired) electrons. The number of piperazine rings is 1. The standard InChI is InChI=1S/C32H39ClN2O3/c1-21-7-6-10-24-19-27-28(30(36)32(21,24)2)26(31(37)38-27)20-34-15-17-35(18-16-34)29(22-8-4-3-5-9-22)23-11-13-25(33)14-12-23/h3-5,8-14,21,26-30,36H,6-7,15-20H2,1-2H3. The first-order chi connectivity index (χ1) is 18.4. The summed E-state index contributed by atoms with van der Waals surface area (Å²) in [7, 11) is 0. The zero-order valence-corrected chi connectivity index (χ0v) is 23.2. The number of esters is 1. The Morgan fingerprint density at radius 3 is 2.45 bits per heavy atom. The number of allylic oxidation sites excluding steroid dienone is 1. The van der Waals surface area contributed by atoms with E-state index in [0.29, 0.717) is 12.5 Å². The van der Waals surface area contributed by atoms with Crippen LogP contribution in [-0.4, -0.2) is 65.8 Å². The molecule has 3 fully saturated rings. The summed E-state index contributed by atoms with van der Waals surface area (Å²) in [5.74, 6) is -0.119. The van der Waals surface area contributed by atoms with Crippen molar-refractivity contribution in [3.63, 3.8) is 0 Å². The molecule has 202 valence electrons. The van der Waals surface area contributed by atoms with E-state index in [1.165, 1.54) is 16.7 Å². The van der Waals surface area contributed by atoms with E-state index in [4.69, 9.17) is 16.3 Å². The first-order valence-corrected chi connectivity index (χ1v) is 14.6. The Kier molecular flexibility index (Phi) is 7.15. The monoisotopic (exact) mass is 534 g/mol. The van der Waals surface area contributed by atoms with Crippen molar-refractivity contribution in [3.05, 3.63) is 82.4 Å². The van der Waals surface area contributed by atoms with Crippen LogP contribution in [0.4, 0.5) is 0 Å². The number of halogens is 1. The topological polar surface area (TPSA) is 53.0 Å². The fraction of sp³-hybridized carbons (Fsp3) is 0.531. The zero-order valence-electron chi connectivity index (χ0n) is 22.4. The van der Waals surface area contributed by atoms with Crippen LogP contribution >= 0.6 is 11.6 Å². The summed E-state index contributed by atoms with van der Waals surface area (Å²) in [6.07, 6.45) is 4.47. The van der Waals surface area contributed by atoms with Gasteiger partial charge in [-0.05, 0) is 42.0 Å². The number of hydrogen-bond donors (Lipinski definition) is 1. The van der Waals surface area contributed by atoms with Gasteiger partial charge in [-0.15, -0.1) is 0 Å². The smallest absolute Gasteiger partial charge is 0.311 e. The maximum absolute atomic E-state index is 13.1. The van der Waals surface area contributed by atoms with Gasteiger partial charge in [-0.1, -0.05) is 79.6 Å². The van der Waals surface area contributed by atoms with Gasteiger partial charge in [0, 0.05) is 55.5 Å². The van der Waals surface area contributed by atoms with Crippen LogP contribution in [0.1, 0.15) is 50.3 Å². The van der Waals surface area contributed by atoms with E-state index in [9.17, 15) is 9.90 Å². The molecule has 1 saturated carbocycles. The largest absolute Gasteiger partial charge is 0.461 e. The van der Waals surface area contributed by atoms with Crippen LogP contribution in [-0.2, 0) is 9.53 Å². The number of rotatable bonds is 5. The summed E-state index contributed by atoms with van der Waals surface area (Å²) in [5.41, 5.74) is 3.54. The molecule has 2 saturated heterocycles. The molecule has 7 unspecified atom stereocenters. The van der Waals surface area contributed by atoms with E-state index in [2.05, 4.69) is 72.2 Å². The predicted octanol–water partition coefficient (Wildman–Crippen LogP) is 5.33. The molecule has 0 spiro atoms. The maximum atomic E-state index is 13.1. The van der Waals surface area contributed by atoms with Crippen LogP contribution in [0.25, 0.3) is 0 Å². The number of aliphatic hydroxyl groups is 1. The minimum atomic E-state index is -0.548. The van der Waals surface area contributed by atoms with Gasteiger partial charge in [0.15, 0.2) is 0 Å². The van der Waals surface area contributed by atoms with Gasteiger partial charge >= 0.3 is 5.97 Å². The molecule has 2 aliphatic heterocycles. The van der Waals surface area contributed by atoms with Crippen LogP contribution in [0.3, 0.4) is 0 Å². The Balaban J connectivity index is 1.16. The van der Waals surface area contributed by atoms with Crippen LogP contribution in [0, 0.1) is 23.2 Å². The number of fused-ring (bicyclic) bond motifs is 2. The maximum Gasteiger partial charge on any atom is 0.311 e. The van der Waals surface area contributed by atoms with Gasteiger partial charge in [0.25, 0.3) is 0 Å². The van der Waals surface area contributed by atoms with Crippen molar-refractivity contribution < 1.29 is 14.6 Å². The van der Waals surface area contributed by atoms with Crippen LogP contribution in [0.2, 0.25) is 5.02 Å². The lowest BCUT2D eigenvalue weighted by Crippen LogP contribution is -2.55. The third-order valence-corrected chi connectivity index (χ3v) is 10.4. The molecule has 2 aromatic carbocycles. The molecule has 6 rings (SSSR count). The Labute approximate surface area is 231 Å². The van der Waals surface area contributed by atoms with Crippen LogP contribution < -0.4 is 0 Å². The summed E-state index contributed by atoms with van der Waals surface area (Å²) < 4.78 is 5.92. The van der Waals surface area contributed by atoms with Crippen LogP contribution in [0.5, 0.6) is 0 Å². The lowest BCUT2D eigenvalue weighted by molar-refractivity contribution is -0.145. The molecule has 4 aliphatic rings. The lowest BCUT2D eigenvalue weighted by atomic mass is 9.55. The Morgan fingerprint density at radius 2 is 1.74 bits per heavy atom. The molecule has 0 amide bonds. The summed E-state index contributed by atoms with van der Waals surface area (Å²) in [5, 5.41) is 12.4. The zero-order chi connectivity index (χ0) is 26.4. The molecule has 38 heavy (non-hydrogen) atoms. The summed E-state index contributed by atoms with van der Waals surface area (Å²) in [6.45, 7) is 8.70. The van der Waals surface area contributed by atoms with Crippen molar-refractivity contribution in [1.82, 2.24) is 9.80 Å². The van der Waals surface area contributed by atoms with Crippen molar-refractivity contribution in [1.29, 1.82) is 0 Å². The molecule has 2 heterocycles. The molecule has 2 aromatic rings. The van der Waals surface area contributed by atoms with Crippen LogP contribution in [0.15, 0.2) is 66.2 Å². The highest BCUT2D eigenvalue weighted by Gasteiger charge is 2.59. The second-order valence-electron chi connectivity index (χ2n) is 12.0. The van der Waals surface area contributed by atoms with Gasteiger partial charge in [-0.25, -0.2) is 0 Å². The summed E-state index contributed by atoms with van der Waals surface area (Å²) in [6, 6.07) is 19.0. The third kappa shape index (κ3) is 4.52. The highest BCUT2D eigenvalue weighted by Crippen LogP contribution is 2.56. The molecule has 5 nitrogen and oxygen atoms in total. The minimum Gasteiger partial charge on any atom is -0.461 e. The number of ether oxygens (including phenoxy) is 1. The molecule has 0 aromatic heterocycles. The predicted molar refractivity (Wildman–Crippen MR) is 150 cm³/mol. The van der Waals surface area contributed by atoms with Gasteiger partial charge < -0.3 is 9.84 Å². The van der Waals surface area contributed by atoms with E-state index in [0.717, 1.165) is 50.5 Å². The fourth-order valence-electron chi connectivity index (χ4n) is 7.65. The third-order valence-electron chi connectivity index (χ3n) is 10.1. The first-order valence-electron chi connectivity index (χ1n) is 14.2. The second-order valence-corrected chi connectivity index (χ2v) is 12.4. The molecule has 7 atom stereocenters. The quantitative estimate of drug-likeness (QED) is 0.415. The summed E-state index contributed by atoms with van der Waals surface area (Å²) >= 11 is 6.19. The van der Waals surface area contributed by atoms with Gasteiger partial charge in [0.2, 0.25) is 0 Å². The van der Waals surface area contributed by atoms with Gasteiger partial charge in [-0.3, -0.25) is 14.6 Å². The molecule has 6 heteroatoms. The number of nitrogens with zero attached hydrogens (tertiary/aromatic N) is 2. The Hall–Kier alpha value is -2.18. The highest BCUT2D eigenvalue weighted by molar-refractivity contribution is 6.30. The number of hydrogen-bond acceptors (Lipinski definition) is 5. The SMILES string of the molecule is CC1CCC=C2CC3OC(=O)C(CN4CCN(C(c5ccccc5)c5ccc(Cl)cc5)CC4)C3C(O)C21C. The van der Waals surface area contributed by atoms with Crippen molar-refractivity contribution in [2.24, 2.45) is 23.2 Å². The van der Waals surface area contributed by atoms with Gasteiger partial charge in [0.05, 0.1) is 18.1 Å². The van der Waals surface area contributed by atoms with Crippen molar-refractivity contribution in [2.45, 2.75) is 51.4 Å². The lowest BCUT2D eigenvalue weighted by Gasteiger charge is -2.52. The van der Waals surface area contributed by atoms with E-state index < -0.39 is 6.10 Å². The van der Waals surface area contributed by atoms with E-state index in [1.807, 2.05) is 12.1 Å². The average molecular weight is 535 g/mol. The first kappa shape index (κ1) is 26.1. The number of aliphatic hydroxyl groups excluding tert-OH is 1. The molecular formula is C32H39ClN2O3. The Morgan fingerprint density at radius 1 is 1.05 bits per heavy atom. The van der Waals surface area contributed by atoms with Crippen molar-refractivity contribution >= 4 is 17.6 Å². The average Bonchev–Trinajstić information content (AvgIpc) is 3.23. The molecule has 0 bridgehead atoms. The molecular weight excluding hydrogens is 496 g/mol. The van der Waals surface area contributed by atoms with Gasteiger partial charge in [0.1, 0.15) is 6.10 Å². The summed E-state index contributed by atoms with van der Waals surface area (Å²) in [4.78, 5) is 18.1. The minimum absolute atomic E-state index is 0.125. The number of carbonyl (C=O) groups is 1. The molecule has 2 aliphatic carbocycles. The number of benzene rings is 2. The van der Waals surface area contributed by atoms with Crippen molar-refractivity contribution in [2.75, 3.05) is 32.7 Å². The fourth-order valence-corrected chi connectivity index (χ4v) is 7.78. The Bertz CT molecular complexity index is 1180. The number of carbonyl (C=O) groups excluding carboxylic acids is 1. The second kappa shape index (κ2) is 10.4. The normalized spacial score (nSPS) is 34.7. The van der Waals surface area contributed by atoms with E-state index >= 15 is 0 Å². The van der Waals surface area contributed by atoms with Gasteiger partial charge in [-0.2, -0.15) is 0 Å². The van der Waals surface area contributed by atoms with E-state index in [-0.39, 0.29) is 35.4 Å². The van der Waals surface area contributed by atoms with E-state index in [1.54, 1.807) is 0 Å².